The number of carboxylic acids is 1. The molecule has 0 aliphatic carbocycles. The lowest BCUT2D eigenvalue weighted by Crippen LogP contribution is -2.53. The molecule has 0 bridgehead atoms. The van der Waals surface area contributed by atoms with E-state index < -0.39 is 11.5 Å². The van der Waals surface area contributed by atoms with Crippen molar-refractivity contribution in [3.63, 3.8) is 0 Å². The monoisotopic (exact) mass is 359 g/mol. The van der Waals surface area contributed by atoms with Gasteiger partial charge in [0.05, 0.1) is 0 Å². The van der Waals surface area contributed by atoms with Crippen LogP contribution in [0.25, 0.3) is 0 Å². The topological polar surface area (TPSA) is 49.3 Å². The maximum absolute atomic E-state index is 11.5. The smallest absolute Gasteiger partial charge is 0.323 e. The summed E-state index contributed by atoms with van der Waals surface area (Å²) in [7, 11) is 0. The lowest BCUT2D eigenvalue weighted by Gasteiger charge is -2.31. The number of carbonyl (C=O) groups is 1. The van der Waals surface area contributed by atoms with Crippen molar-refractivity contribution in [1.29, 1.82) is 0 Å². The molecule has 20 heavy (non-hydrogen) atoms. The van der Waals surface area contributed by atoms with Gasteiger partial charge >= 0.3 is 5.97 Å². The van der Waals surface area contributed by atoms with Crippen molar-refractivity contribution in [2.75, 3.05) is 0 Å². The number of nitrogens with one attached hydrogen (secondary N) is 1. The van der Waals surface area contributed by atoms with Gasteiger partial charge in [-0.25, -0.2) is 0 Å². The second-order valence-corrected chi connectivity index (χ2v) is 7.95. The van der Waals surface area contributed by atoms with Crippen LogP contribution in [0.15, 0.2) is 33.6 Å². The molecule has 0 aliphatic rings. The van der Waals surface area contributed by atoms with Crippen LogP contribution in [-0.2, 0) is 4.79 Å². The van der Waals surface area contributed by atoms with Crippen LogP contribution in [0.1, 0.15) is 34.1 Å². The molecule has 0 spiro atoms. The number of rotatable bonds is 7. The van der Waals surface area contributed by atoms with Gasteiger partial charge in [-0.15, -0.1) is 11.8 Å². The highest BCUT2D eigenvalue weighted by Gasteiger charge is 2.35. The molecule has 0 amide bonds. The Kier molecular flexibility index (Phi) is 6.55. The summed E-state index contributed by atoms with van der Waals surface area (Å²) in [5, 5.41) is 12.8. The maximum atomic E-state index is 11.5. The summed E-state index contributed by atoms with van der Waals surface area (Å²) in [4.78, 5) is 12.7. The van der Waals surface area contributed by atoms with Crippen LogP contribution >= 0.6 is 27.7 Å². The molecule has 0 aliphatic heterocycles. The lowest BCUT2D eigenvalue weighted by molar-refractivity contribution is -0.144. The summed E-state index contributed by atoms with van der Waals surface area (Å²) in [5.74, 6) is -0.798. The van der Waals surface area contributed by atoms with E-state index in [0.717, 1.165) is 9.37 Å². The number of thioether (sulfide) groups is 1. The Bertz CT molecular complexity index is 467. The van der Waals surface area contributed by atoms with Gasteiger partial charge < -0.3 is 5.11 Å². The number of carboxylic acid groups (broad SMARTS) is 1. The number of halogens is 1. The van der Waals surface area contributed by atoms with Crippen LogP contribution in [0, 0.1) is 0 Å². The van der Waals surface area contributed by atoms with E-state index >= 15 is 0 Å². The zero-order valence-corrected chi connectivity index (χ0v) is 14.7. The van der Waals surface area contributed by atoms with Crippen molar-refractivity contribution >= 4 is 33.7 Å². The fourth-order valence-electron chi connectivity index (χ4n) is 2.23. The quantitative estimate of drug-likeness (QED) is 0.717. The highest BCUT2D eigenvalue weighted by molar-refractivity contribution is 9.10. The van der Waals surface area contributed by atoms with Crippen molar-refractivity contribution in [2.24, 2.45) is 0 Å². The van der Waals surface area contributed by atoms with Gasteiger partial charge in [0.15, 0.2) is 0 Å². The van der Waals surface area contributed by atoms with Gasteiger partial charge in [0.2, 0.25) is 0 Å². The highest BCUT2D eigenvalue weighted by Crippen LogP contribution is 2.30. The summed E-state index contributed by atoms with van der Waals surface area (Å²) in [6.07, 6.45) is 0.567. The normalized spacial score (nSPS) is 15.9. The highest BCUT2D eigenvalue weighted by atomic mass is 79.9. The first-order valence-electron chi connectivity index (χ1n) is 6.66. The van der Waals surface area contributed by atoms with Gasteiger partial charge in [-0.1, -0.05) is 28.9 Å². The molecule has 2 N–H and O–H groups in total. The molecule has 0 saturated heterocycles. The Labute approximate surface area is 133 Å². The number of aliphatic carboxylic acids is 1. The Hall–Kier alpha value is -0.520. The fraction of sp³-hybridized carbons (Fsp3) is 0.533. The zero-order valence-electron chi connectivity index (χ0n) is 12.3. The number of benzene rings is 1. The Morgan fingerprint density at radius 3 is 2.60 bits per heavy atom. The predicted octanol–water partition coefficient (Wildman–Crippen LogP) is 4.16. The summed E-state index contributed by atoms with van der Waals surface area (Å²) in [5.41, 5.74) is -0.896. The van der Waals surface area contributed by atoms with Crippen LogP contribution in [0.4, 0.5) is 0 Å². The molecule has 0 fully saturated rings. The molecule has 0 heterocycles. The minimum Gasteiger partial charge on any atom is -0.480 e. The average molecular weight is 360 g/mol. The van der Waals surface area contributed by atoms with Crippen LogP contribution in [0.3, 0.4) is 0 Å². The van der Waals surface area contributed by atoms with Gasteiger partial charge in [-0.3, -0.25) is 10.1 Å². The molecule has 5 heteroatoms. The largest absolute Gasteiger partial charge is 0.480 e. The molecule has 0 radical (unpaired) electrons. The van der Waals surface area contributed by atoms with E-state index in [4.69, 9.17) is 0 Å². The fourth-order valence-corrected chi connectivity index (χ4v) is 4.02. The Balaban J connectivity index is 2.71. The Morgan fingerprint density at radius 2 is 2.10 bits per heavy atom. The lowest BCUT2D eigenvalue weighted by atomic mass is 9.95. The predicted molar refractivity (Wildman–Crippen MR) is 88.4 cm³/mol. The molecule has 1 rings (SSSR count). The van der Waals surface area contributed by atoms with Crippen molar-refractivity contribution in [2.45, 2.75) is 55.8 Å². The van der Waals surface area contributed by atoms with E-state index in [1.165, 1.54) is 0 Å². The summed E-state index contributed by atoms with van der Waals surface area (Å²) >= 11 is 5.15. The Morgan fingerprint density at radius 1 is 1.45 bits per heavy atom. The van der Waals surface area contributed by atoms with Crippen LogP contribution in [0.5, 0.6) is 0 Å². The van der Waals surface area contributed by atoms with Crippen molar-refractivity contribution < 1.29 is 9.90 Å². The van der Waals surface area contributed by atoms with Gasteiger partial charge in [0.25, 0.3) is 0 Å². The standard InChI is InChI=1S/C15H22BrNO2S/c1-10(2)17-15(4,14(18)19)9-11(3)20-13-7-5-6-12(16)8-13/h5-8,10-11,17H,9H2,1-4H3,(H,18,19). The molecular weight excluding hydrogens is 338 g/mol. The van der Waals surface area contributed by atoms with E-state index in [-0.39, 0.29) is 11.3 Å². The number of hydrogen-bond donors (Lipinski definition) is 2. The molecule has 1 aromatic rings. The maximum Gasteiger partial charge on any atom is 0.323 e. The second kappa shape index (κ2) is 7.48. The molecular formula is C15H22BrNO2S. The summed E-state index contributed by atoms with van der Waals surface area (Å²) in [6, 6.07) is 8.20. The minimum atomic E-state index is -0.896. The van der Waals surface area contributed by atoms with Gasteiger partial charge in [-0.05, 0) is 45.4 Å². The first kappa shape index (κ1) is 17.5. The molecule has 3 nitrogen and oxygen atoms in total. The molecule has 1 aromatic carbocycles. The molecule has 2 unspecified atom stereocenters. The third kappa shape index (κ3) is 5.46. The van der Waals surface area contributed by atoms with Crippen molar-refractivity contribution in [3.8, 4) is 0 Å². The average Bonchev–Trinajstić information content (AvgIpc) is 2.26. The number of hydrogen-bond acceptors (Lipinski definition) is 3. The van der Waals surface area contributed by atoms with Crippen LogP contribution in [-0.4, -0.2) is 27.9 Å². The van der Waals surface area contributed by atoms with Crippen LogP contribution in [0.2, 0.25) is 0 Å². The summed E-state index contributed by atoms with van der Waals surface area (Å²) in [6.45, 7) is 7.75. The van der Waals surface area contributed by atoms with E-state index in [1.54, 1.807) is 18.7 Å². The van der Waals surface area contributed by atoms with E-state index in [0.29, 0.717) is 6.42 Å². The van der Waals surface area contributed by atoms with Crippen molar-refractivity contribution in [1.82, 2.24) is 5.32 Å². The van der Waals surface area contributed by atoms with E-state index in [9.17, 15) is 9.90 Å². The first-order valence-corrected chi connectivity index (χ1v) is 8.33. The van der Waals surface area contributed by atoms with Gasteiger partial charge in [0, 0.05) is 20.7 Å². The second-order valence-electron chi connectivity index (χ2n) is 5.53. The third-order valence-electron chi connectivity index (χ3n) is 2.91. The summed E-state index contributed by atoms with van der Waals surface area (Å²) < 4.78 is 1.04. The van der Waals surface area contributed by atoms with Gasteiger partial charge in [0.1, 0.15) is 5.54 Å². The molecule has 2 atom stereocenters. The van der Waals surface area contributed by atoms with Crippen LogP contribution < -0.4 is 5.32 Å². The molecule has 0 saturated carbocycles. The minimum absolute atomic E-state index is 0.138. The van der Waals surface area contributed by atoms with Gasteiger partial charge in [-0.2, -0.15) is 0 Å². The first-order chi connectivity index (χ1) is 9.23. The zero-order chi connectivity index (χ0) is 15.3. The third-order valence-corrected chi connectivity index (χ3v) is 4.50. The SMILES string of the molecule is CC(C)NC(C)(CC(C)Sc1cccc(Br)c1)C(=O)O. The van der Waals surface area contributed by atoms with Crippen molar-refractivity contribution in [3.05, 3.63) is 28.7 Å². The van der Waals surface area contributed by atoms with E-state index in [2.05, 4.69) is 34.2 Å². The van der Waals surface area contributed by atoms with E-state index in [1.807, 2.05) is 32.0 Å². The molecule has 112 valence electrons. The molecule has 0 aromatic heterocycles.